The van der Waals surface area contributed by atoms with E-state index in [0.29, 0.717) is 0 Å². The molecule has 0 radical (unpaired) electrons. The second-order valence-corrected chi connectivity index (χ2v) is 6.80. The van der Waals surface area contributed by atoms with Crippen LogP contribution in [0.2, 0.25) is 0 Å². The summed E-state index contributed by atoms with van der Waals surface area (Å²) in [6, 6.07) is 0. The molecule has 0 unspecified atom stereocenters. The lowest BCUT2D eigenvalue weighted by molar-refractivity contribution is 0.396. The lowest BCUT2D eigenvalue weighted by Crippen LogP contribution is -2.23. The largest absolute Gasteiger partial charge is 0.353 e. The zero-order valence-corrected chi connectivity index (χ0v) is 13.3. The third-order valence-corrected chi connectivity index (χ3v) is 4.47. The third kappa shape index (κ3) is 6.53. The van der Waals surface area contributed by atoms with Crippen LogP contribution < -0.4 is 10.2 Å². The first-order chi connectivity index (χ1) is 8.59. The van der Waals surface area contributed by atoms with Gasteiger partial charge >= 0.3 is 0 Å². The van der Waals surface area contributed by atoms with Crippen molar-refractivity contribution in [2.45, 2.75) is 10.8 Å². The van der Waals surface area contributed by atoms with Crippen molar-refractivity contribution in [3.05, 3.63) is 0 Å². The molecule has 0 amide bonds. The standard InChI is InChI=1S/C11H23N5S2/c1-15(2)8-5-6-12-7-9-17-11-14-13-10(18-11)16(3)4/h12H,5-9H2,1-4H3. The first kappa shape index (κ1) is 15.7. The molecule has 5 nitrogen and oxygen atoms in total. The Kier molecular flexibility index (Phi) is 7.57. The van der Waals surface area contributed by atoms with Gasteiger partial charge in [0.1, 0.15) is 0 Å². The van der Waals surface area contributed by atoms with Gasteiger partial charge in [-0.3, -0.25) is 0 Å². The number of rotatable bonds is 9. The van der Waals surface area contributed by atoms with E-state index in [1.54, 1.807) is 23.1 Å². The molecule has 1 aromatic heterocycles. The van der Waals surface area contributed by atoms with Crippen molar-refractivity contribution < 1.29 is 0 Å². The Morgan fingerprint density at radius 1 is 1.17 bits per heavy atom. The summed E-state index contributed by atoms with van der Waals surface area (Å²) in [6.45, 7) is 3.25. The normalized spacial score (nSPS) is 11.2. The number of thioether (sulfide) groups is 1. The highest BCUT2D eigenvalue weighted by Crippen LogP contribution is 2.26. The Balaban J connectivity index is 2.03. The molecule has 0 aliphatic carbocycles. The van der Waals surface area contributed by atoms with Crippen molar-refractivity contribution in [3.8, 4) is 0 Å². The van der Waals surface area contributed by atoms with Crippen LogP contribution in [0.3, 0.4) is 0 Å². The Bertz CT molecular complexity index is 327. The molecule has 7 heteroatoms. The van der Waals surface area contributed by atoms with Crippen molar-refractivity contribution in [1.29, 1.82) is 0 Å². The first-order valence-electron chi connectivity index (χ1n) is 6.08. The average molecular weight is 289 g/mol. The second kappa shape index (κ2) is 8.68. The summed E-state index contributed by atoms with van der Waals surface area (Å²) in [7, 11) is 8.18. The summed E-state index contributed by atoms with van der Waals surface area (Å²) in [6.07, 6.45) is 1.20. The van der Waals surface area contributed by atoms with Crippen LogP contribution in [-0.4, -0.2) is 68.7 Å². The van der Waals surface area contributed by atoms with Gasteiger partial charge in [0.25, 0.3) is 0 Å². The number of hydrogen-bond donors (Lipinski definition) is 1. The predicted molar refractivity (Wildman–Crippen MR) is 81.0 cm³/mol. The van der Waals surface area contributed by atoms with Gasteiger partial charge < -0.3 is 15.1 Å². The maximum absolute atomic E-state index is 4.15. The minimum absolute atomic E-state index is 0.969. The third-order valence-electron chi connectivity index (χ3n) is 2.24. The molecule has 0 aliphatic rings. The molecule has 0 saturated carbocycles. The fraction of sp³-hybridized carbons (Fsp3) is 0.818. The maximum Gasteiger partial charge on any atom is 0.208 e. The van der Waals surface area contributed by atoms with Gasteiger partial charge in [-0.05, 0) is 33.6 Å². The van der Waals surface area contributed by atoms with Crippen molar-refractivity contribution in [3.63, 3.8) is 0 Å². The fourth-order valence-electron chi connectivity index (χ4n) is 1.30. The van der Waals surface area contributed by atoms with E-state index in [0.717, 1.165) is 34.9 Å². The van der Waals surface area contributed by atoms with Crippen molar-refractivity contribution >= 4 is 28.2 Å². The van der Waals surface area contributed by atoms with Crippen LogP contribution in [0.4, 0.5) is 5.13 Å². The van der Waals surface area contributed by atoms with Crippen molar-refractivity contribution in [2.24, 2.45) is 0 Å². The van der Waals surface area contributed by atoms with Gasteiger partial charge in [-0.15, -0.1) is 10.2 Å². The summed E-state index contributed by atoms with van der Waals surface area (Å²) in [5, 5.41) is 12.7. The van der Waals surface area contributed by atoms with E-state index >= 15 is 0 Å². The first-order valence-corrected chi connectivity index (χ1v) is 7.89. The van der Waals surface area contributed by atoms with E-state index in [1.807, 2.05) is 19.0 Å². The lowest BCUT2D eigenvalue weighted by Gasteiger charge is -2.09. The lowest BCUT2D eigenvalue weighted by atomic mass is 10.4. The minimum Gasteiger partial charge on any atom is -0.353 e. The Morgan fingerprint density at radius 3 is 2.56 bits per heavy atom. The van der Waals surface area contributed by atoms with Crippen LogP contribution in [0.25, 0.3) is 0 Å². The molecule has 0 aliphatic heterocycles. The van der Waals surface area contributed by atoms with E-state index in [-0.39, 0.29) is 0 Å². The zero-order chi connectivity index (χ0) is 13.4. The molecule has 0 aromatic carbocycles. The topological polar surface area (TPSA) is 44.3 Å². The highest BCUT2D eigenvalue weighted by atomic mass is 32.2. The Labute approximate surface area is 118 Å². The van der Waals surface area contributed by atoms with E-state index in [9.17, 15) is 0 Å². The van der Waals surface area contributed by atoms with Crippen LogP contribution in [0.5, 0.6) is 0 Å². The smallest absolute Gasteiger partial charge is 0.208 e. The summed E-state index contributed by atoms with van der Waals surface area (Å²) in [4.78, 5) is 4.20. The fourth-order valence-corrected chi connectivity index (χ4v) is 3.03. The zero-order valence-electron chi connectivity index (χ0n) is 11.6. The number of aromatic nitrogens is 2. The molecule has 1 aromatic rings. The Morgan fingerprint density at radius 2 is 1.94 bits per heavy atom. The maximum atomic E-state index is 4.15. The van der Waals surface area contributed by atoms with E-state index in [1.165, 1.54) is 6.42 Å². The number of anilines is 1. The summed E-state index contributed by atoms with van der Waals surface area (Å²) < 4.78 is 1.05. The second-order valence-electron chi connectivity index (χ2n) is 4.50. The molecular weight excluding hydrogens is 266 g/mol. The van der Waals surface area contributed by atoms with Gasteiger partial charge in [-0.25, -0.2) is 0 Å². The molecule has 0 bridgehead atoms. The van der Waals surface area contributed by atoms with E-state index < -0.39 is 0 Å². The van der Waals surface area contributed by atoms with Gasteiger partial charge in [0, 0.05) is 26.4 Å². The van der Waals surface area contributed by atoms with Crippen LogP contribution in [-0.2, 0) is 0 Å². The summed E-state index contributed by atoms with van der Waals surface area (Å²) >= 11 is 3.41. The van der Waals surface area contributed by atoms with Gasteiger partial charge in [0.2, 0.25) is 5.13 Å². The molecular formula is C11H23N5S2. The Hall–Kier alpha value is -0.370. The average Bonchev–Trinajstić information content (AvgIpc) is 2.76. The van der Waals surface area contributed by atoms with Crippen LogP contribution in [0.1, 0.15) is 6.42 Å². The molecule has 0 saturated heterocycles. The summed E-state index contributed by atoms with van der Waals surface area (Å²) in [5.74, 6) is 1.05. The SMILES string of the molecule is CN(C)CCCNCCSc1nnc(N(C)C)s1. The van der Waals surface area contributed by atoms with Gasteiger partial charge in [-0.2, -0.15) is 0 Å². The van der Waals surface area contributed by atoms with Crippen molar-refractivity contribution in [1.82, 2.24) is 20.4 Å². The summed E-state index contributed by atoms with van der Waals surface area (Å²) in [5.41, 5.74) is 0. The predicted octanol–water partition coefficient (Wildman–Crippen LogP) is 1.24. The quantitative estimate of drug-likeness (QED) is 0.545. The van der Waals surface area contributed by atoms with E-state index in [2.05, 4.69) is 34.5 Å². The highest BCUT2D eigenvalue weighted by Gasteiger charge is 2.05. The number of nitrogens with one attached hydrogen (secondary N) is 1. The molecule has 1 heterocycles. The molecule has 18 heavy (non-hydrogen) atoms. The van der Waals surface area contributed by atoms with Crippen LogP contribution in [0, 0.1) is 0 Å². The molecule has 1 N–H and O–H groups in total. The number of hydrogen-bond acceptors (Lipinski definition) is 7. The van der Waals surface area contributed by atoms with Crippen molar-refractivity contribution in [2.75, 3.05) is 58.5 Å². The van der Waals surface area contributed by atoms with E-state index in [4.69, 9.17) is 0 Å². The van der Waals surface area contributed by atoms with Gasteiger partial charge in [-0.1, -0.05) is 23.1 Å². The highest BCUT2D eigenvalue weighted by molar-refractivity contribution is 8.01. The van der Waals surface area contributed by atoms with Crippen LogP contribution >= 0.6 is 23.1 Å². The van der Waals surface area contributed by atoms with Gasteiger partial charge in [0.15, 0.2) is 4.34 Å². The minimum atomic E-state index is 0.969. The van der Waals surface area contributed by atoms with Gasteiger partial charge in [0.05, 0.1) is 0 Å². The molecule has 0 atom stereocenters. The molecule has 104 valence electrons. The monoisotopic (exact) mass is 289 g/mol. The molecule has 1 rings (SSSR count). The number of nitrogens with zero attached hydrogens (tertiary/aromatic N) is 4. The molecule has 0 fully saturated rings. The van der Waals surface area contributed by atoms with Crippen LogP contribution in [0.15, 0.2) is 4.34 Å². The molecule has 0 spiro atoms.